The zero-order valence-corrected chi connectivity index (χ0v) is 22.2. The Morgan fingerprint density at radius 2 is 1.82 bits per heavy atom. The first kappa shape index (κ1) is 26.8. The SMILES string of the molecule is COc1ccc(CCNC(=NCC(=O)N(C)C)NC2CCc3ccccc3C2)cc1OC.I. The molecule has 0 saturated carbocycles. The summed E-state index contributed by atoms with van der Waals surface area (Å²) in [5.41, 5.74) is 3.93. The molecule has 1 atom stereocenters. The van der Waals surface area contributed by atoms with Gasteiger partial charge < -0.3 is 25.0 Å². The van der Waals surface area contributed by atoms with Crippen molar-refractivity contribution in [3.8, 4) is 11.5 Å². The topological polar surface area (TPSA) is 75.2 Å². The molecule has 0 aromatic heterocycles. The van der Waals surface area contributed by atoms with E-state index >= 15 is 0 Å². The molecule has 1 unspecified atom stereocenters. The van der Waals surface area contributed by atoms with Crippen LogP contribution in [-0.2, 0) is 24.1 Å². The normalized spacial score (nSPS) is 15.0. The molecular formula is C25H35IN4O3. The van der Waals surface area contributed by atoms with Crippen molar-refractivity contribution in [1.29, 1.82) is 0 Å². The highest BCUT2D eigenvalue weighted by molar-refractivity contribution is 14.0. The van der Waals surface area contributed by atoms with E-state index in [2.05, 4.69) is 39.9 Å². The van der Waals surface area contributed by atoms with Gasteiger partial charge in [-0.2, -0.15) is 0 Å². The van der Waals surface area contributed by atoms with Crippen LogP contribution in [0.3, 0.4) is 0 Å². The number of guanidine groups is 1. The van der Waals surface area contributed by atoms with Crippen LogP contribution in [0.5, 0.6) is 11.5 Å². The third-order valence-electron chi connectivity index (χ3n) is 5.71. The molecule has 0 saturated heterocycles. The molecule has 0 radical (unpaired) electrons. The number of nitrogens with one attached hydrogen (secondary N) is 2. The van der Waals surface area contributed by atoms with E-state index in [1.807, 2.05) is 18.2 Å². The summed E-state index contributed by atoms with van der Waals surface area (Å²) in [4.78, 5) is 18.2. The summed E-state index contributed by atoms with van der Waals surface area (Å²) in [5.74, 6) is 2.08. The number of halogens is 1. The molecule has 0 fully saturated rings. The van der Waals surface area contributed by atoms with Crippen molar-refractivity contribution in [3.63, 3.8) is 0 Å². The Morgan fingerprint density at radius 1 is 1.09 bits per heavy atom. The molecule has 33 heavy (non-hydrogen) atoms. The van der Waals surface area contributed by atoms with Crippen LogP contribution >= 0.6 is 24.0 Å². The molecule has 2 N–H and O–H groups in total. The second-order valence-electron chi connectivity index (χ2n) is 8.17. The zero-order valence-electron chi connectivity index (χ0n) is 19.9. The monoisotopic (exact) mass is 566 g/mol. The number of aliphatic imine (C=N–C) groups is 1. The van der Waals surface area contributed by atoms with Crippen molar-refractivity contribution in [2.24, 2.45) is 4.99 Å². The van der Waals surface area contributed by atoms with Crippen LogP contribution in [-0.4, -0.2) is 64.2 Å². The van der Waals surface area contributed by atoms with E-state index in [9.17, 15) is 4.79 Å². The largest absolute Gasteiger partial charge is 0.493 e. The number of carbonyl (C=O) groups excluding carboxylic acids is 1. The third-order valence-corrected chi connectivity index (χ3v) is 5.71. The number of nitrogens with zero attached hydrogens (tertiary/aromatic N) is 2. The maximum Gasteiger partial charge on any atom is 0.243 e. The number of fused-ring (bicyclic) bond motifs is 1. The number of hydrogen-bond donors (Lipinski definition) is 2. The Balaban J connectivity index is 0.00000385. The van der Waals surface area contributed by atoms with Gasteiger partial charge in [-0.05, 0) is 54.5 Å². The maximum atomic E-state index is 12.1. The number of likely N-dealkylation sites (N-methyl/N-ethyl adjacent to an activating group) is 1. The molecule has 1 aliphatic rings. The lowest BCUT2D eigenvalue weighted by Gasteiger charge is -2.27. The van der Waals surface area contributed by atoms with Gasteiger partial charge in [0.05, 0.1) is 14.2 Å². The third kappa shape index (κ3) is 7.80. The van der Waals surface area contributed by atoms with Crippen LogP contribution in [0, 0.1) is 0 Å². The van der Waals surface area contributed by atoms with Gasteiger partial charge in [-0.1, -0.05) is 30.3 Å². The smallest absolute Gasteiger partial charge is 0.243 e. The Kier molecular flexibility index (Phi) is 10.8. The van der Waals surface area contributed by atoms with Gasteiger partial charge in [0, 0.05) is 26.7 Å². The molecule has 0 spiro atoms. The molecule has 1 aliphatic carbocycles. The van der Waals surface area contributed by atoms with Gasteiger partial charge in [-0.3, -0.25) is 4.79 Å². The van der Waals surface area contributed by atoms with E-state index in [4.69, 9.17) is 9.47 Å². The number of methoxy groups -OCH3 is 2. The van der Waals surface area contributed by atoms with Gasteiger partial charge in [-0.15, -0.1) is 24.0 Å². The van der Waals surface area contributed by atoms with E-state index in [0.717, 1.165) is 37.0 Å². The zero-order chi connectivity index (χ0) is 22.9. The van der Waals surface area contributed by atoms with E-state index in [0.29, 0.717) is 18.3 Å². The number of ether oxygens (including phenoxy) is 2. The summed E-state index contributed by atoms with van der Waals surface area (Å²) in [6, 6.07) is 14.8. The molecule has 1 amide bonds. The second kappa shape index (κ2) is 13.3. The first-order chi connectivity index (χ1) is 15.5. The lowest BCUT2D eigenvalue weighted by atomic mass is 9.88. The lowest BCUT2D eigenvalue weighted by Crippen LogP contribution is -2.46. The standard InChI is InChI=1S/C25H34N4O3.HI/c1-29(2)24(30)17-27-25(28-21-11-10-19-7-5-6-8-20(19)16-21)26-14-13-18-9-12-22(31-3)23(15-18)32-4;/h5-9,12,15,21H,10-11,13-14,16-17H2,1-4H3,(H2,26,27,28);1H. The molecule has 180 valence electrons. The van der Waals surface area contributed by atoms with Crippen molar-refractivity contribution in [1.82, 2.24) is 15.5 Å². The average Bonchev–Trinajstić information content (AvgIpc) is 2.81. The van der Waals surface area contributed by atoms with Crippen LogP contribution in [0.25, 0.3) is 0 Å². The predicted octanol–water partition coefficient (Wildman–Crippen LogP) is 3.05. The van der Waals surface area contributed by atoms with Crippen molar-refractivity contribution < 1.29 is 14.3 Å². The van der Waals surface area contributed by atoms with Gasteiger partial charge in [0.15, 0.2) is 17.5 Å². The minimum absolute atomic E-state index is 0. The number of hydrogen-bond acceptors (Lipinski definition) is 4. The van der Waals surface area contributed by atoms with Gasteiger partial charge >= 0.3 is 0 Å². The Hall–Kier alpha value is -2.49. The fourth-order valence-corrected chi connectivity index (χ4v) is 3.82. The molecule has 3 rings (SSSR count). The van der Waals surface area contributed by atoms with Crippen LogP contribution in [0.4, 0.5) is 0 Å². The van der Waals surface area contributed by atoms with E-state index in [-0.39, 0.29) is 42.5 Å². The van der Waals surface area contributed by atoms with Gasteiger partial charge in [-0.25, -0.2) is 4.99 Å². The maximum absolute atomic E-state index is 12.1. The molecule has 2 aromatic carbocycles. The lowest BCUT2D eigenvalue weighted by molar-refractivity contribution is -0.127. The quantitative estimate of drug-likeness (QED) is 0.292. The molecule has 8 heteroatoms. The van der Waals surface area contributed by atoms with Crippen molar-refractivity contribution in [3.05, 3.63) is 59.2 Å². The Labute approximate surface area is 214 Å². The number of benzene rings is 2. The van der Waals surface area contributed by atoms with Crippen LogP contribution in [0.15, 0.2) is 47.5 Å². The molecule has 2 aromatic rings. The van der Waals surface area contributed by atoms with Crippen LogP contribution in [0.1, 0.15) is 23.1 Å². The average molecular weight is 566 g/mol. The highest BCUT2D eigenvalue weighted by atomic mass is 127. The molecule has 0 aliphatic heterocycles. The minimum Gasteiger partial charge on any atom is -0.493 e. The van der Waals surface area contributed by atoms with Crippen molar-refractivity contribution in [2.75, 3.05) is 41.4 Å². The molecule has 7 nitrogen and oxygen atoms in total. The fraction of sp³-hybridized carbons (Fsp3) is 0.440. The summed E-state index contributed by atoms with van der Waals surface area (Å²) in [5, 5.41) is 6.94. The Morgan fingerprint density at radius 3 is 2.52 bits per heavy atom. The van der Waals surface area contributed by atoms with E-state index < -0.39 is 0 Å². The number of amides is 1. The highest BCUT2D eigenvalue weighted by Crippen LogP contribution is 2.27. The summed E-state index contributed by atoms with van der Waals surface area (Å²) in [6.45, 7) is 0.794. The molecule has 0 bridgehead atoms. The Bertz CT molecular complexity index is 949. The summed E-state index contributed by atoms with van der Waals surface area (Å²) >= 11 is 0. The number of carbonyl (C=O) groups is 1. The van der Waals surface area contributed by atoms with Gasteiger partial charge in [0.25, 0.3) is 0 Å². The van der Waals surface area contributed by atoms with E-state index in [1.54, 1.807) is 33.2 Å². The first-order valence-corrected chi connectivity index (χ1v) is 11.0. The van der Waals surface area contributed by atoms with Gasteiger partial charge in [0.2, 0.25) is 5.91 Å². The summed E-state index contributed by atoms with van der Waals surface area (Å²) in [7, 11) is 6.76. The van der Waals surface area contributed by atoms with Crippen molar-refractivity contribution in [2.45, 2.75) is 31.7 Å². The molecular weight excluding hydrogens is 531 g/mol. The number of aryl methyl sites for hydroxylation is 1. The highest BCUT2D eigenvalue weighted by Gasteiger charge is 2.19. The number of rotatable bonds is 8. The van der Waals surface area contributed by atoms with Gasteiger partial charge in [0.1, 0.15) is 6.54 Å². The summed E-state index contributed by atoms with van der Waals surface area (Å²) in [6.07, 6.45) is 3.82. The summed E-state index contributed by atoms with van der Waals surface area (Å²) < 4.78 is 10.7. The van der Waals surface area contributed by atoms with Crippen LogP contribution < -0.4 is 20.1 Å². The van der Waals surface area contributed by atoms with E-state index in [1.165, 1.54) is 11.1 Å². The van der Waals surface area contributed by atoms with Crippen LogP contribution in [0.2, 0.25) is 0 Å². The van der Waals surface area contributed by atoms with Crippen molar-refractivity contribution >= 4 is 35.8 Å². The second-order valence-corrected chi connectivity index (χ2v) is 8.17. The fourth-order valence-electron chi connectivity index (χ4n) is 3.82. The first-order valence-electron chi connectivity index (χ1n) is 11.0. The minimum atomic E-state index is -0.0278. The predicted molar refractivity (Wildman–Crippen MR) is 143 cm³/mol. The molecule has 0 heterocycles.